The predicted octanol–water partition coefficient (Wildman–Crippen LogP) is 15.2. The molecule has 2 heterocycles. The molecule has 0 radical (unpaired) electrons. The topological polar surface area (TPSA) is 0 Å². The normalized spacial score (nSPS) is 12.6. The first kappa shape index (κ1) is 29.4. The van der Waals surface area contributed by atoms with Gasteiger partial charge in [-0.25, -0.2) is 0 Å². The average Bonchev–Trinajstić information content (AvgIpc) is 3.74. The molecule has 2 heteroatoms. The number of allylic oxidation sites excluding steroid dienone is 4. The highest BCUT2D eigenvalue weighted by atomic mass is 32.1. The minimum Gasteiger partial charge on any atom is -0.135 e. The van der Waals surface area contributed by atoms with Crippen LogP contribution in [-0.4, -0.2) is 0 Å². The van der Waals surface area contributed by atoms with E-state index in [-0.39, 0.29) is 0 Å². The summed E-state index contributed by atoms with van der Waals surface area (Å²) >= 11 is 3.83. The molecule has 0 atom stereocenters. The largest absolute Gasteiger partial charge is 0.135 e. The van der Waals surface area contributed by atoms with Crippen LogP contribution in [0.3, 0.4) is 0 Å². The number of thiophene rings is 2. The minimum atomic E-state index is 1.24. The molecule has 0 aliphatic carbocycles. The van der Waals surface area contributed by atoms with Gasteiger partial charge in [0.15, 0.2) is 0 Å². The van der Waals surface area contributed by atoms with Crippen molar-refractivity contribution in [3.8, 4) is 22.3 Å². The van der Waals surface area contributed by atoms with Crippen LogP contribution in [0.5, 0.6) is 0 Å². The van der Waals surface area contributed by atoms with Crippen LogP contribution >= 0.6 is 22.7 Å². The van der Waals surface area contributed by atoms with Crippen molar-refractivity contribution in [1.29, 1.82) is 0 Å². The number of hydrogen-bond acceptors (Lipinski definition) is 2. The highest BCUT2D eigenvalue weighted by Crippen LogP contribution is 2.47. The SMILES string of the molecule is C/C=C\C=C(/C)c1ccc(-c2c3ccccc3c(-c3ccc4sc5c(ccc6c5ccc5c7ccccc7sc56)c4c3)c3ccccc23)cc1. The Bertz CT molecular complexity index is 2980. The van der Waals surface area contributed by atoms with E-state index in [1.54, 1.807) is 0 Å². The van der Waals surface area contributed by atoms with Crippen LogP contribution in [0.2, 0.25) is 0 Å². The Labute approximate surface area is 298 Å². The summed E-state index contributed by atoms with van der Waals surface area (Å²) in [4.78, 5) is 0. The second kappa shape index (κ2) is 11.5. The number of hydrogen-bond donors (Lipinski definition) is 0. The lowest BCUT2D eigenvalue weighted by atomic mass is 9.85. The lowest BCUT2D eigenvalue weighted by molar-refractivity contribution is 1.56. The first-order valence-corrected chi connectivity index (χ1v) is 18.8. The summed E-state index contributed by atoms with van der Waals surface area (Å²) in [5, 5.41) is 13.2. The summed E-state index contributed by atoms with van der Waals surface area (Å²) < 4.78 is 5.44. The summed E-state index contributed by atoms with van der Waals surface area (Å²) in [6.45, 7) is 4.23. The number of fused-ring (bicyclic) bond motifs is 11. The van der Waals surface area contributed by atoms with E-state index < -0.39 is 0 Å². The smallest absolute Gasteiger partial charge is 0.0434 e. The molecule has 0 fully saturated rings. The molecule has 0 amide bonds. The van der Waals surface area contributed by atoms with Crippen LogP contribution in [0, 0.1) is 0 Å². The van der Waals surface area contributed by atoms with Crippen LogP contribution in [0.1, 0.15) is 19.4 Å². The van der Waals surface area contributed by atoms with Crippen LogP contribution in [-0.2, 0) is 0 Å². The lowest BCUT2D eigenvalue weighted by Crippen LogP contribution is -1.91. The molecular weight excluding hydrogens is 641 g/mol. The van der Waals surface area contributed by atoms with E-state index >= 15 is 0 Å². The molecule has 0 unspecified atom stereocenters. The molecule has 0 saturated heterocycles. The van der Waals surface area contributed by atoms with E-state index in [0.29, 0.717) is 0 Å². The van der Waals surface area contributed by atoms with Gasteiger partial charge in [-0.3, -0.25) is 0 Å². The van der Waals surface area contributed by atoms with Crippen molar-refractivity contribution in [3.05, 3.63) is 163 Å². The molecule has 0 bridgehead atoms. The van der Waals surface area contributed by atoms with Crippen LogP contribution in [0.15, 0.2) is 158 Å². The van der Waals surface area contributed by atoms with Gasteiger partial charge in [0, 0.05) is 51.1 Å². The zero-order valence-electron chi connectivity index (χ0n) is 27.8. The third kappa shape index (κ3) is 4.42. The van der Waals surface area contributed by atoms with Gasteiger partial charge in [0.1, 0.15) is 0 Å². The van der Waals surface area contributed by atoms with Crippen LogP contribution in [0.25, 0.3) is 100 Å². The maximum atomic E-state index is 2.44. The molecule has 0 nitrogen and oxygen atoms in total. The Kier molecular flexibility index (Phi) is 6.77. The van der Waals surface area contributed by atoms with Crippen LogP contribution < -0.4 is 0 Å². The van der Waals surface area contributed by atoms with Gasteiger partial charge in [-0.15, -0.1) is 22.7 Å². The molecule has 0 N–H and O–H groups in total. The molecule has 0 saturated carbocycles. The van der Waals surface area contributed by atoms with E-state index in [0.717, 1.165) is 0 Å². The van der Waals surface area contributed by atoms with Crippen LogP contribution in [0.4, 0.5) is 0 Å². The van der Waals surface area contributed by atoms with Crippen molar-refractivity contribution < 1.29 is 0 Å². The van der Waals surface area contributed by atoms with Crippen molar-refractivity contribution in [1.82, 2.24) is 0 Å². The number of benzene rings is 8. The molecule has 0 aliphatic rings. The first-order valence-electron chi connectivity index (χ1n) is 17.2. The Hall–Kier alpha value is -5.54. The second-order valence-electron chi connectivity index (χ2n) is 13.2. The lowest BCUT2D eigenvalue weighted by Gasteiger charge is -2.18. The maximum Gasteiger partial charge on any atom is 0.0434 e. The van der Waals surface area contributed by atoms with Gasteiger partial charge in [0.25, 0.3) is 0 Å². The van der Waals surface area contributed by atoms with Gasteiger partial charge in [-0.1, -0.05) is 140 Å². The number of rotatable bonds is 4. The van der Waals surface area contributed by atoms with Crippen molar-refractivity contribution >= 4 is 101 Å². The predicted molar refractivity (Wildman–Crippen MR) is 224 cm³/mol. The van der Waals surface area contributed by atoms with Gasteiger partial charge in [-0.05, 0) is 87.0 Å². The zero-order valence-corrected chi connectivity index (χ0v) is 29.5. The molecule has 0 aliphatic heterocycles. The molecule has 8 aromatic carbocycles. The van der Waals surface area contributed by atoms with Crippen molar-refractivity contribution in [2.45, 2.75) is 13.8 Å². The van der Waals surface area contributed by atoms with Crippen molar-refractivity contribution in [2.75, 3.05) is 0 Å². The molecule has 10 rings (SSSR count). The van der Waals surface area contributed by atoms with E-state index in [9.17, 15) is 0 Å². The zero-order chi connectivity index (χ0) is 33.3. The van der Waals surface area contributed by atoms with Crippen molar-refractivity contribution in [3.63, 3.8) is 0 Å². The van der Waals surface area contributed by atoms with E-state index in [4.69, 9.17) is 0 Å². The summed E-state index contributed by atoms with van der Waals surface area (Å²) in [5.74, 6) is 0. The summed E-state index contributed by atoms with van der Waals surface area (Å²) in [6, 6.07) is 52.3. The Morgan fingerprint density at radius 3 is 1.48 bits per heavy atom. The Morgan fingerprint density at radius 2 is 0.900 bits per heavy atom. The first-order chi connectivity index (χ1) is 24.7. The molecule has 0 spiro atoms. The quantitative estimate of drug-likeness (QED) is 0.129. The Morgan fingerprint density at radius 1 is 0.440 bits per heavy atom. The molecule has 236 valence electrons. The van der Waals surface area contributed by atoms with Gasteiger partial charge in [0.2, 0.25) is 0 Å². The monoisotopic (exact) mass is 672 g/mol. The summed E-state index contributed by atoms with van der Waals surface area (Å²) in [7, 11) is 0. The fourth-order valence-electron chi connectivity index (χ4n) is 7.96. The van der Waals surface area contributed by atoms with Crippen molar-refractivity contribution in [2.24, 2.45) is 0 Å². The van der Waals surface area contributed by atoms with Gasteiger partial charge >= 0.3 is 0 Å². The fraction of sp³-hybridized carbons (Fsp3) is 0.0417. The average molecular weight is 673 g/mol. The Balaban J connectivity index is 1.18. The van der Waals surface area contributed by atoms with Gasteiger partial charge < -0.3 is 0 Å². The van der Waals surface area contributed by atoms with Gasteiger partial charge in [-0.2, -0.15) is 0 Å². The summed E-state index contributed by atoms with van der Waals surface area (Å²) in [6.07, 6.45) is 6.35. The molecule has 10 aromatic rings. The van der Waals surface area contributed by atoms with E-state index in [2.05, 4.69) is 172 Å². The minimum absolute atomic E-state index is 1.24. The second-order valence-corrected chi connectivity index (χ2v) is 15.3. The fourth-order valence-corrected chi connectivity index (χ4v) is 10.4. The van der Waals surface area contributed by atoms with Gasteiger partial charge in [0.05, 0.1) is 0 Å². The highest BCUT2D eigenvalue weighted by Gasteiger charge is 2.18. The molecular formula is C48H32S2. The maximum absolute atomic E-state index is 2.44. The molecule has 2 aromatic heterocycles. The highest BCUT2D eigenvalue weighted by molar-refractivity contribution is 7.28. The van der Waals surface area contributed by atoms with E-state index in [1.807, 2.05) is 22.7 Å². The van der Waals surface area contributed by atoms with E-state index in [1.165, 1.54) is 106 Å². The standard InChI is InChI=1S/C48H32S2/c1-3-4-11-29(2)30-18-20-31(21-19-30)45-34-13-5-7-15-36(34)46(37-16-8-6-14-35(37)45)32-22-27-44-42(28-32)41-26-25-39-40(48(41)50-44)24-23-38-33-12-9-10-17-43(33)49-47(38)39/h3-28H,1-2H3/b4-3-,29-11+. The molecule has 50 heavy (non-hydrogen) atoms. The third-order valence-electron chi connectivity index (χ3n) is 10.4. The third-order valence-corrected chi connectivity index (χ3v) is 12.8. The summed E-state index contributed by atoms with van der Waals surface area (Å²) in [5.41, 5.74) is 7.60.